The van der Waals surface area contributed by atoms with Gasteiger partial charge in [0.1, 0.15) is 29.1 Å². The third-order valence-corrected chi connectivity index (χ3v) is 12.8. The maximum atomic E-state index is 13.4. The maximum Gasteiger partial charge on any atom is 0.262 e. The average molecular weight is 851 g/mol. The number of ether oxygens (including phenoxy) is 1. The standard InChI is InChI=1S/C43H50N10O7S/c1-27-24-46-43(50-39(27)48-35-6-2-3-7-37(35)61(44,58)59)47-29-8-11-32(12-9-29)60-22-21-51-19-16-28(17-20-51)25-45-30-5-4-18-52(26-30)31-10-13-33-34(23-31)42(57)53(41(33)56)36-14-15-38(54)49-40(36)55/h2-3,6-13,23-24,28,30,36,45H,4-5,14-22,25-26H2,1H3,(H2,44,58,59)(H,49,54,55)(H2,46,47,48,50)/t30-,36?/m1/s1. The van der Waals surface area contributed by atoms with Crippen LogP contribution in [0.4, 0.5) is 28.8 Å². The molecule has 4 aliphatic heterocycles. The van der Waals surface area contributed by atoms with Gasteiger partial charge >= 0.3 is 0 Å². The number of benzene rings is 3. The van der Waals surface area contributed by atoms with E-state index in [0.717, 1.165) is 92.5 Å². The summed E-state index contributed by atoms with van der Waals surface area (Å²) in [5.74, 6) is 0.140. The molecule has 3 saturated heterocycles. The van der Waals surface area contributed by atoms with Crippen LogP contribution in [0.25, 0.3) is 0 Å². The Kier molecular flexibility index (Phi) is 12.3. The molecule has 5 heterocycles. The first-order valence-electron chi connectivity index (χ1n) is 20.7. The van der Waals surface area contributed by atoms with Gasteiger partial charge in [0.15, 0.2) is 0 Å². The van der Waals surface area contributed by atoms with Gasteiger partial charge in [-0.1, -0.05) is 12.1 Å². The zero-order chi connectivity index (χ0) is 42.7. The quantitative estimate of drug-likeness (QED) is 0.114. The summed E-state index contributed by atoms with van der Waals surface area (Å²) in [6, 6.07) is 18.6. The molecule has 4 aliphatic rings. The number of aromatic nitrogens is 2. The van der Waals surface area contributed by atoms with Gasteiger partial charge in [-0.15, -0.1) is 0 Å². The molecule has 320 valence electrons. The minimum absolute atomic E-state index is 0.0269. The average Bonchev–Trinajstić information content (AvgIpc) is 3.50. The van der Waals surface area contributed by atoms with E-state index < -0.39 is 39.7 Å². The van der Waals surface area contributed by atoms with Crippen molar-refractivity contribution in [2.24, 2.45) is 11.1 Å². The molecule has 0 radical (unpaired) electrons. The second-order valence-corrected chi connectivity index (χ2v) is 17.6. The molecular weight excluding hydrogens is 801 g/mol. The van der Waals surface area contributed by atoms with Crippen molar-refractivity contribution in [2.75, 3.05) is 61.4 Å². The van der Waals surface area contributed by atoms with Crippen molar-refractivity contribution in [1.82, 2.24) is 30.4 Å². The Hall–Kier alpha value is -5.95. The van der Waals surface area contributed by atoms with Crippen LogP contribution in [0.5, 0.6) is 5.75 Å². The second kappa shape index (κ2) is 18.0. The molecule has 0 spiro atoms. The molecule has 1 aromatic heterocycles. The normalized spacial score (nSPS) is 20.1. The minimum atomic E-state index is -3.93. The third-order valence-electron chi connectivity index (χ3n) is 11.8. The van der Waals surface area contributed by atoms with Gasteiger partial charge in [0.05, 0.1) is 16.8 Å². The Bertz CT molecular complexity index is 2420. The largest absolute Gasteiger partial charge is 0.492 e. The van der Waals surface area contributed by atoms with Crippen LogP contribution in [0.2, 0.25) is 0 Å². The Morgan fingerprint density at radius 3 is 2.44 bits per heavy atom. The summed E-state index contributed by atoms with van der Waals surface area (Å²) in [6.45, 7) is 7.83. The highest BCUT2D eigenvalue weighted by molar-refractivity contribution is 7.89. The highest BCUT2D eigenvalue weighted by Crippen LogP contribution is 2.32. The molecule has 4 amide bonds. The predicted molar refractivity (Wildman–Crippen MR) is 229 cm³/mol. The van der Waals surface area contributed by atoms with E-state index in [4.69, 9.17) is 9.88 Å². The molecule has 18 heteroatoms. The predicted octanol–water partition coefficient (Wildman–Crippen LogP) is 3.67. The van der Waals surface area contributed by atoms with Crippen LogP contribution in [-0.4, -0.2) is 110 Å². The highest BCUT2D eigenvalue weighted by Gasteiger charge is 2.45. The molecule has 2 atom stereocenters. The van der Waals surface area contributed by atoms with Gasteiger partial charge in [-0.05, 0) is 119 Å². The van der Waals surface area contributed by atoms with Crippen molar-refractivity contribution in [3.63, 3.8) is 0 Å². The van der Waals surface area contributed by atoms with Gasteiger partial charge in [0.25, 0.3) is 11.8 Å². The van der Waals surface area contributed by atoms with Crippen LogP contribution >= 0.6 is 0 Å². The van der Waals surface area contributed by atoms with Crippen molar-refractivity contribution in [3.8, 4) is 5.75 Å². The summed E-state index contributed by atoms with van der Waals surface area (Å²) >= 11 is 0. The number of nitrogens with zero attached hydrogens (tertiary/aromatic N) is 5. The minimum Gasteiger partial charge on any atom is -0.492 e. The van der Waals surface area contributed by atoms with E-state index in [-0.39, 0.29) is 17.7 Å². The van der Waals surface area contributed by atoms with E-state index in [2.05, 4.69) is 41.0 Å². The van der Waals surface area contributed by atoms with Crippen LogP contribution in [0.3, 0.4) is 0 Å². The number of carbonyl (C=O) groups excluding carboxylic acids is 4. The first-order chi connectivity index (χ1) is 29.4. The molecular formula is C43H50N10O7S. The van der Waals surface area contributed by atoms with E-state index in [9.17, 15) is 27.6 Å². The lowest BCUT2D eigenvalue weighted by Gasteiger charge is -2.37. The number of hydrogen-bond donors (Lipinski definition) is 5. The molecule has 6 N–H and O–H groups in total. The van der Waals surface area contributed by atoms with Crippen LogP contribution in [-0.2, 0) is 19.6 Å². The molecule has 3 aromatic carbocycles. The molecule has 0 aliphatic carbocycles. The van der Waals surface area contributed by atoms with E-state index in [1.165, 1.54) is 6.07 Å². The Balaban J connectivity index is 0.752. The molecule has 17 nitrogen and oxygen atoms in total. The fourth-order valence-electron chi connectivity index (χ4n) is 8.41. The second-order valence-electron chi connectivity index (χ2n) is 16.0. The van der Waals surface area contributed by atoms with Crippen molar-refractivity contribution in [2.45, 2.75) is 62.4 Å². The molecule has 61 heavy (non-hydrogen) atoms. The number of rotatable bonds is 14. The number of sulfonamides is 1. The number of imide groups is 2. The van der Waals surface area contributed by atoms with E-state index in [1.54, 1.807) is 36.5 Å². The zero-order valence-electron chi connectivity index (χ0n) is 33.9. The first-order valence-corrected chi connectivity index (χ1v) is 22.2. The number of amides is 4. The smallest absolute Gasteiger partial charge is 0.262 e. The first kappa shape index (κ1) is 41.8. The number of nitrogens with two attached hydrogens (primary N) is 1. The number of primary sulfonamides is 1. The van der Waals surface area contributed by atoms with Crippen molar-refractivity contribution < 1.29 is 32.3 Å². The number of carbonyl (C=O) groups is 4. The number of nitrogens with one attached hydrogen (secondary N) is 4. The zero-order valence-corrected chi connectivity index (χ0v) is 34.7. The fourth-order valence-corrected chi connectivity index (χ4v) is 9.11. The van der Waals surface area contributed by atoms with E-state index in [0.29, 0.717) is 47.1 Å². The summed E-state index contributed by atoms with van der Waals surface area (Å²) in [4.78, 5) is 65.2. The number of aryl methyl sites for hydroxylation is 1. The molecule has 8 rings (SSSR count). The van der Waals surface area contributed by atoms with Gasteiger partial charge in [0.2, 0.25) is 27.8 Å². The number of hydrogen-bond acceptors (Lipinski definition) is 14. The van der Waals surface area contributed by atoms with Crippen LogP contribution < -0.4 is 36.0 Å². The Morgan fingerprint density at radius 1 is 0.902 bits per heavy atom. The van der Waals surface area contributed by atoms with Crippen LogP contribution in [0.15, 0.2) is 77.8 Å². The van der Waals surface area contributed by atoms with Gasteiger partial charge in [0, 0.05) is 55.2 Å². The van der Waals surface area contributed by atoms with Gasteiger partial charge in [-0.2, -0.15) is 4.98 Å². The lowest BCUT2D eigenvalue weighted by Crippen LogP contribution is -2.54. The van der Waals surface area contributed by atoms with Gasteiger partial charge in [-0.25, -0.2) is 18.5 Å². The third kappa shape index (κ3) is 9.67. The molecule has 4 aromatic rings. The monoisotopic (exact) mass is 850 g/mol. The summed E-state index contributed by atoms with van der Waals surface area (Å²) in [7, 11) is -3.93. The Morgan fingerprint density at radius 2 is 1.67 bits per heavy atom. The lowest BCUT2D eigenvalue weighted by molar-refractivity contribution is -0.136. The Labute approximate surface area is 354 Å². The van der Waals surface area contributed by atoms with Gasteiger partial charge < -0.3 is 25.6 Å². The number of fused-ring (bicyclic) bond motifs is 1. The summed E-state index contributed by atoms with van der Waals surface area (Å²) in [5.41, 5.74) is 3.30. The fraction of sp³-hybridized carbons (Fsp3) is 0.395. The van der Waals surface area contributed by atoms with Crippen molar-refractivity contribution >= 4 is 62.5 Å². The topological polar surface area (TPSA) is 221 Å². The SMILES string of the molecule is Cc1cnc(Nc2ccc(OCCN3CCC(CN[C@@H]4CCCN(c5ccc6c(c5)C(=O)N(C5CCC(=O)NC5=O)C6=O)C4)CC3)cc2)nc1Nc1ccccc1S(N)(=O)=O. The molecule has 0 saturated carbocycles. The van der Waals surface area contributed by atoms with Crippen molar-refractivity contribution in [3.05, 3.63) is 89.6 Å². The highest BCUT2D eigenvalue weighted by atomic mass is 32.2. The number of piperidine rings is 3. The summed E-state index contributed by atoms with van der Waals surface area (Å²) in [5, 5.41) is 17.7. The lowest BCUT2D eigenvalue weighted by atomic mass is 9.95. The van der Waals surface area contributed by atoms with E-state index in [1.807, 2.05) is 37.3 Å². The van der Waals surface area contributed by atoms with Crippen LogP contribution in [0.1, 0.15) is 64.8 Å². The van der Waals surface area contributed by atoms with E-state index >= 15 is 0 Å². The number of para-hydroxylation sites is 1. The maximum absolute atomic E-state index is 13.4. The number of anilines is 5. The van der Waals surface area contributed by atoms with Crippen LogP contribution in [0, 0.1) is 12.8 Å². The molecule has 1 unspecified atom stereocenters. The molecule has 0 bridgehead atoms. The van der Waals surface area contributed by atoms with Gasteiger partial charge in [-0.3, -0.25) is 34.3 Å². The summed E-state index contributed by atoms with van der Waals surface area (Å²) < 4.78 is 30.2. The van der Waals surface area contributed by atoms with Crippen molar-refractivity contribution in [1.29, 1.82) is 0 Å². The number of likely N-dealkylation sites (tertiary alicyclic amines) is 1. The molecule has 3 fully saturated rings. The summed E-state index contributed by atoms with van der Waals surface area (Å²) in [6.07, 6.45) is 6.14.